The minimum atomic E-state index is -0.542. The Morgan fingerprint density at radius 1 is 1.60 bits per heavy atom. The fraction of sp³-hybridized carbons (Fsp3) is 0.200. The number of aromatic hydroxyl groups is 1. The van der Waals surface area contributed by atoms with Gasteiger partial charge in [-0.05, 0) is 19.1 Å². The van der Waals surface area contributed by atoms with Crippen LogP contribution in [0.3, 0.4) is 0 Å². The number of phenols is 1. The summed E-state index contributed by atoms with van der Waals surface area (Å²) in [4.78, 5) is 18.2. The van der Waals surface area contributed by atoms with Crippen molar-refractivity contribution < 1.29 is 14.6 Å². The molecule has 0 aliphatic heterocycles. The van der Waals surface area contributed by atoms with Crippen molar-refractivity contribution in [3.05, 3.63) is 24.0 Å². The van der Waals surface area contributed by atoms with E-state index in [4.69, 9.17) is 4.74 Å². The second kappa shape index (κ2) is 3.61. The number of carbonyl (C=O) groups is 1. The number of nitrogens with zero attached hydrogens (tertiary/aromatic N) is 1. The van der Waals surface area contributed by atoms with Crippen molar-refractivity contribution in [3.63, 3.8) is 0 Å². The second-order valence-electron chi connectivity index (χ2n) is 2.98. The van der Waals surface area contributed by atoms with E-state index in [9.17, 15) is 9.90 Å². The van der Waals surface area contributed by atoms with E-state index in [0.717, 1.165) is 0 Å². The van der Waals surface area contributed by atoms with Gasteiger partial charge in [-0.1, -0.05) is 0 Å². The Balaban J connectivity index is 2.52. The normalized spacial score (nSPS) is 10.5. The molecule has 2 aromatic rings. The van der Waals surface area contributed by atoms with E-state index in [-0.39, 0.29) is 17.9 Å². The molecular weight excluding hydrogens is 196 g/mol. The maximum atomic E-state index is 11.4. The number of phenolic OH excluding ortho intramolecular Hbond substituents is 1. The van der Waals surface area contributed by atoms with Gasteiger partial charge < -0.3 is 14.8 Å². The molecule has 0 spiro atoms. The molecule has 0 unspecified atom stereocenters. The molecule has 2 N–H and O–H groups in total. The van der Waals surface area contributed by atoms with Crippen LogP contribution in [0.5, 0.6) is 5.75 Å². The van der Waals surface area contributed by atoms with Crippen LogP contribution in [0.25, 0.3) is 11.0 Å². The summed E-state index contributed by atoms with van der Waals surface area (Å²) in [6.07, 6.45) is 1.46. The fourth-order valence-corrected chi connectivity index (χ4v) is 1.37. The Labute approximate surface area is 85.7 Å². The summed E-state index contributed by atoms with van der Waals surface area (Å²) in [5, 5.41) is 9.75. The minimum Gasteiger partial charge on any atom is -0.505 e. The average molecular weight is 206 g/mol. The van der Waals surface area contributed by atoms with E-state index in [1.807, 2.05) is 0 Å². The van der Waals surface area contributed by atoms with Crippen molar-refractivity contribution in [1.29, 1.82) is 0 Å². The van der Waals surface area contributed by atoms with E-state index in [1.165, 1.54) is 12.4 Å². The Bertz CT molecular complexity index is 504. The molecular formula is C10H10N2O3. The van der Waals surface area contributed by atoms with Crippen LogP contribution in [-0.2, 0) is 4.74 Å². The predicted octanol–water partition coefficient (Wildman–Crippen LogP) is 1.45. The van der Waals surface area contributed by atoms with Crippen molar-refractivity contribution in [2.75, 3.05) is 6.61 Å². The van der Waals surface area contributed by atoms with Gasteiger partial charge in [0, 0.05) is 0 Å². The lowest BCUT2D eigenvalue weighted by atomic mass is 10.2. The van der Waals surface area contributed by atoms with Gasteiger partial charge in [-0.3, -0.25) is 0 Å². The maximum absolute atomic E-state index is 11.4. The molecule has 0 amide bonds. The van der Waals surface area contributed by atoms with Gasteiger partial charge in [0.05, 0.1) is 18.5 Å². The molecule has 5 nitrogen and oxygen atoms in total. The average Bonchev–Trinajstić information content (AvgIpc) is 2.67. The molecule has 0 fully saturated rings. The van der Waals surface area contributed by atoms with E-state index in [2.05, 4.69) is 9.97 Å². The third-order valence-corrected chi connectivity index (χ3v) is 2.06. The van der Waals surface area contributed by atoms with Crippen LogP contribution >= 0.6 is 0 Å². The molecule has 0 aliphatic carbocycles. The number of imidazole rings is 1. The lowest BCUT2D eigenvalue weighted by molar-refractivity contribution is 0.0523. The van der Waals surface area contributed by atoms with Crippen LogP contribution in [0.2, 0.25) is 0 Å². The van der Waals surface area contributed by atoms with E-state index >= 15 is 0 Å². The summed E-state index contributed by atoms with van der Waals surface area (Å²) >= 11 is 0. The molecule has 0 aliphatic rings. The highest BCUT2D eigenvalue weighted by atomic mass is 16.5. The van der Waals surface area contributed by atoms with Crippen LogP contribution in [0.1, 0.15) is 17.3 Å². The number of benzene rings is 1. The number of hydrogen-bond acceptors (Lipinski definition) is 4. The third-order valence-electron chi connectivity index (χ3n) is 2.06. The van der Waals surface area contributed by atoms with Crippen LogP contribution < -0.4 is 0 Å². The number of aromatic amines is 1. The molecule has 0 atom stereocenters. The maximum Gasteiger partial charge on any atom is 0.341 e. The second-order valence-corrected chi connectivity index (χ2v) is 2.98. The predicted molar refractivity (Wildman–Crippen MR) is 53.7 cm³/mol. The topological polar surface area (TPSA) is 75.2 Å². The van der Waals surface area contributed by atoms with E-state index in [1.54, 1.807) is 13.0 Å². The van der Waals surface area contributed by atoms with Gasteiger partial charge in [0.15, 0.2) is 5.75 Å². The number of rotatable bonds is 2. The summed E-state index contributed by atoms with van der Waals surface area (Å²) in [6, 6.07) is 3.18. The first kappa shape index (κ1) is 9.51. The number of H-pyrrole nitrogens is 1. The summed E-state index contributed by atoms with van der Waals surface area (Å²) in [5.41, 5.74) is 1.19. The van der Waals surface area contributed by atoms with E-state index < -0.39 is 5.97 Å². The minimum absolute atomic E-state index is 0.136. The summed E-state index contributed by atoms with van der Waals surface area (Å²) in [6.45, 7) is 1.99. The first-order valence-electron chi connectivity index (χ1n) is 4.56. The number of nitrogens with one attached hydrogen (secondary N) is 1. The summed E-state index contributed by atoms with van der Waals surface area (Å²) < 4.78 is 4.80. The Hall–Kier alpha value is -2.04. The van der Waals surface area contributed by atoms with Gasteiger partial charge in [-0.2, -0.15) is 0 Å². The van der Waals surface area contributed by atoms with Gasteiger partial charge in [0.25, 0.3) is 0 Å². The number of ether oxygens (including phenoxy) is 1. The molecule has 15 heavy (non-hydrogen) atoms. The first-order chi connectivity index (χ1) is 7.24. The summed E-state index contributed by atoms with van der Waals surface area (Å²) in [7, 11) is 0. The van der Waals surface area contributed by atoms with Gasteiger partial charge in [-0.15, -0.1) is 0 Å². The lowest BCUT2D eigenvalue weighted by Gasteiger charge is -2.03. The monoisotopic (exact) mass is 206 g/mol. The number of fused-ring (bicyclic) bond motifs is 1. The number of aromatic nitrogens is 2. The van der Waals surface area contributed by atoms with E-state index in [0.29, 0.717) is 11.0 Å². The Kier molecular flexibility index (Phi) is 2.29. The molecule has 0 bridgehead atoms. The smallest absolute Gasteiger partial charge is 0.341 e. The molecule has 5 heteroatoms. The molecule has 1 aromatic heterocycles. The number of carbonyl (C=O) groups excluding carboxylic acids is 1. The summed E-state index contributed by atoms with van der Waals surface area (Å²) in [5.74, 6) is -0.688. The zero-order valence-electron chi connectivity index (χ0n) is 8.15. The molecule has 0 radical (unpaired) electrons. The van der Waals surface area contributed by atoms with Crippen molar-refractivity contribution in [2.45, 2.75) is 6.92 Å². The highest BCUT2D eigenvalue weighted by Crippen LogP contribution is 2.26. The van der Waals surface area contributed by atoms with Gasteiger partial charge in [-0.25, -0.2) is 9.78 Å². The zero-order chi connectivity index (χ0) is 10.8. The Morgan fingerprint density at radius 3 is 3.13 bits per heavy atom. The highest BCUT2D eigenvalue weighted by molar-refractivity contribution is 5.98. The van der Waals surface area contributed by atoms with Gasteiger partial charge >= 0.3 is 5.97 Å². The van der Waals surface area contributed by atoms with Gasteiger partial charge in [0.1, 0.15) is 11.1 Å². The van der Waals surface area contributed by atoms with Gasteiger partial charge in [0.2, 0.25) is 0 Å². The number of hydrogen-bond donors (Lipinski definition) is 2. The first-order valence-corrected chi connectivity index (χ1v) is 4.56. The largest absolute Gasteiger partial charge is 0.505 e. The van der Waals surface area contributed by atoms with Crippen LogP contribution in [0.4, 0.5) is 0 Å². The van der Waals surface area contributed by atoms with Crippen molar-refractivity contribution in [1.82, 2.24) is 9.97 Å². The highest BCUT2D eigenvalue weighted by Gasteiger charge is 2.15. The van der Waals surface area contributed by atoms with Crippen LogP contribution in [0.15, 0.2) is 18.5 Å². The Morgan fingerprint density at radius 2 is 2.40 bits per heavy atom. The quantitative estimate of drug-likeness (QED) is 0.729. The van der Waals surface area contributed by atoms with Crippen LogP contribution in [0, 0.1) is 0 Å². The molecule has 0 saturated carbocycles. The zero-order valence-corrected chi connectivity index (χ0v) is 8.15. The number of esters is 1. The standard InChI is InChI=1S/C10H10N2O3/c1-2-15-10(14)6-3-4-7-8(9(6)13)12-5-11-7/h3-5,13H,2H2,1H3,(H,11,12). The third kappa shape index (κ3) is 1.52. The molecule has 1 heterocycles. The SMILES string of the molecule is CCOC(=O)c1ccc2[nH]cnc2c1O. The fourth-order valence-electron chi connectivity index (χ4n) is 1.37. The lowest BCUT2D eigenvalue weighted by Crippen LogP contribution is -2.04. The van der Waals surface area contributed by atoms with Crippen molar-refractivity contribution in [2.24, 2.45) is 0 Å². The van der Waals surface area contributed by atoms with Crippen LogP contribution in [-0.4, -0.2) is 27.7 Å². The molecule has 0 saturated heterocycles. The molecule has 2 rings (SSSR count). The van der Waals surface area contributed by atoms with Crippen molar-refractivity contribution in [3.8, 4) is 5.75 Å². The molecule has 78 valence electrons. The van der Waals surface area contributed by atoms with Crippen molar-refractivity contribution >= 4 is 17.0 Å². The molecule has 1 aromatic carbocycles.